The van der Waals surface area contributed by atoms with Crippen molar-refractivity contribution >= 4 is 43.1 Å². The van der Waals surface area contributed by atoms with Crippen molar-refractivity contribution in [2.24, 2.45) is 0 Å². The summed E-state index contributed by atoms with van der Waals surface area (Å²) >= 11 is 0. The minimum Gasteiger partial charge on any atom is -0.208 e. The Kier molecular flexibility index (Phi) is 8.15. The molecular formula is C55H35N3. The number of aromatic nitrogens is 3. The molecule has 0 aliphatic heterocycles. The third-order valence-corrected chi connectivity index (χ3v) is 11.3. The van der Waals surface area contributed by atoms with Crippen molar-refractivity contribution in [2.45, 2.75) is 0 Å². The van der Waals surface area contributed by atoms with Crippen LogP contribution < -0.4 is 0 Å². The van der Waals surface area contributed by atoms with Crippen LogP contribution >= 0.6 is 0 Å². The zero-order valence-corrected chi connectivity index (χ0v) is 31.5. The third kappa shape index (κ3) is 5.80. The Hall–Kier alpha value is -7.75. The first-order valence-electron chi connectivity index (χ1n) is 19.7. The molecule has 58 heavy (non-hydrogen) atoms. The van der Waals surface area contributed by atoms with Crippen molar-refractivity contribution in [3.05, 3.63) is 212 Å². The molecule has 0 saturated carbocycles. The molecule has 0 unspecified atom stereocenters. The van der Waals surface area contributed by atoms with Crippen LogP contribution in [-0.2, 0) is 0 Å². The van der Waals surface area contributed by atoms with Gasteiger partial charge in [0.25, 0.3) is 0 Å². The van der Waals surface area contributed by atoms with Crippen LogP contribution in [0.1, 0.15) is 0 Å². The standard InChI is InChI=1S/C55H35N3/c1-3-15-36(16-4-1)42-21-11-14-26-49(42)54-56-53(40-18-5-2-6-19-40)57-55(58-54)50-34-33-44(46-24-12-13-25-47(46)50)38-27-29-39(30-28-38)52-45-23-10-8-20-41(45)35-51-43-22-9-7-17-37(43)31-32-48(51)52/h1-35H. The van der Waals surface area contributed by atoms with Gasteiger partial charge in [0, 0.05) is 16.7 Å². The van der Waals surface area contributed by atoms with E-state index in [1.807, 2.05) is 30.3 Å². The maximum atomic E-state index is 5.23. The van der Waals surface area contributed by atoms with Gasteiger partial charge in [-0.25, -0.2) is 15.0 Å². The molecule has 3 nitrogen and oxygen atoms in total. The van der Waals surface area contributed by atoms with Gasteiger partial charge in [-0.15, -0.1) is 0 Å². The zero-order chi connectivity index (χ0) is 38.4. The van der Waals surface area contributed by atoms with E-state index in [-0.39, 0.29) is 0 Å². The van der Waals surface area contributed by atoms with Crippen molar-refractivity contribution in [2.75, 3.05) is 0 Å². The predicted molar refractivity (Wildman–Crippen MR) is 242 cm³/mol. The highest BCUT2D eigenvalue weighted by Crippen LogP contribution is 2.41. The lowest BCUT2D eigenvalue weighted by molar-refractivity contribution is 1.08. The molecule has 0 radical (unpaired) electrons. The molecule has 0 spiro atoms. The molecule has 270 valence electrons. The molecule has 11 rings (SSSR count). The second-order valence-corrected chi connectivity index (χ2v) is 14.7. The van der Waals surface area contributed by atoms with E-state index in [0.29, 0.717) is 17.5 Å². The minimum absolute atomic E-state index is 0.639. The predicted octanol–water partition coefficient (Wildman–Crippen LogP) is 14.5. The summed E-state index contributed by atoms with van der Waals surface area (Å²) in [5, 5.41) is 9.79. The highest BCUT2D eigenvalue weighted by atomic mass is 15.0. The number of hydrogen-bond acceptors (Lipinski definition) is 3. The van der Waals surface area contributed by atoms with E-state index in [0.717, 1.165) is 49.7 Å². The van der Waals surface area contributed by atoms with Gasteiger partial charge >= 0.3 is 0 Å². The lowest BCUT2D eigenvalue weighted by atomic mass is 9.88. The van der Waals surface area contributed by atoms with Crippen LogP contribution in [0.5, 0.6) is 0 Å². The summed E-state index contributed by atoms with van der Waals surface area (Å²) in [5.41, 5.74) is 9.83. The molecule has 3 heteroatoms. The van der Waals surface area contributed by atoms with Crippen LogP contribution in [-0.4, -0.2) is 15.0 Å². The smallest absolute Gasteiger partial charge is 0.164 e. The average molecular weight is 738 g/mol. The van der Waals surface area contributed by atoms with Gasteiger partial charge in [0.2, 0.25) is 0 Å². The van der Waals surface area contributed by atoms with Crippen molar-refractivity contribution < 1.29 is 0 Å². The zero-order valence-electron chi connectivity index (χ0n) is 31.5. The summed E-state index contributed by atoms with van der Waals surface area (Å²) in [7, 11) is 0. The van der Waals surface area contributed by atoms with E-state index in [2.05, 4.69) is 182 Å². The molecule has 0 amide bonds. The largest absolute Gasteiger partial charge is 0.208 e. The van der Waals surface area contributed by atoms with E-state index >= 15 is 0 Å². The number of nitrogens with zero attached hydrogens (tertiary/aromatic N) is 3. The van der Waals surface area contributed by atoms with Crippen LogP contribution in [0.2, 0.25) is 0 Å². The fourth-order valence-corrected chi connectivity index (χ4v) is 8.57. The summed E-state index contributed by atoms with van der Waals surface area (Å²) < 4.78 is 0. The second-order valence-electron chi connectivity index (χ2n) is 14.7. The van der Waals surface area contributed by atoms with Gasteiger partial charge in [-0.2, -0.15) is 0 Å². The first-order valence-corrected chi connectivity index (χ1v) is 19.7. The van der Waals surface area contributed by atoms with Gasteiger partial charge in [0.1, 0.15) is 0 Å². The van der Waals surface area contributed by atoms with Gasteiger partial charge in [-0.3, -0.25) is 0 Å². The maximum absolute atomic E-state index is 5.23. The Balaban J connectivity index is 1.05. The second kappa shape index (κ2) is 14.1. The highest BCUT2D eigenvalue weighted by Gasteiger charge is 2.19. The molecule has 11 aromatic rings. The first-order chi connectivity index (χ1) is 28.8. The van der Waals surface area contributed by atoms with E-state index in [4.69, 9.17) is 15.0 Å². The Labute approximate surface area is 336 Å². The normalized spacial score (nSPS) is 11.4. The number of rotatable bonds is 6. The topological polar surface area (TPSA) is 38.7 Å². The van der Waals surface area contributed by atoms with E-state index in [9.17, 15) is 0 Å². The summed E-state index contributed by atoms with van der Waals surface area (Å²) in [6.07, 6.45) is 0. The van der Waals surface area contributed by atoms with Crippen LogP contribution in [0.4, 0.5) is 0 Å². The van der Waals surface area contributed by atoms with Crippen molar-refractivity contribution in [1.82, 2.24) is 15.0 Å². The van der Waals surface area contributed by atoms with Crippen molar-refractivity contribution in [3.63, 3.8) is 0 Å². The Bertz CT molecular complexity index is 3320. The molecule has 0 aliphatic carbocycles. The van der Waals surface area contributed by atoms with Gasteiger partial charge in [0.15, 0.2) is 17.5 Å². The summed E-state index contributed by atoms with van der Waals surface area (Å²) in [4.78, 5) is 15.5. The molecule has 0 bridgehead atoms. The molecule has 1 heterocycles. The third-order valence-electron chi connectivity index (χ3n) is 11.3. The van der Waals surface area contributed by atoms with E-state index in [1.165, 1.54) is 43.4 Å². The fraction of sp³-hybridized carbons (Fsp3) is 0. The summed E-state index contributed by atoms with van der Waals surface area (Å²) in [6.45, 7) is 0. The molecule has 0 N–H and O–H groups in total. The SMILES string of the molecule is c1ccc(-c2nc(-c3ccccc3-c3ccccc3)nc(-c3ccc(-c4ccc(-c5c6ccccc6cc6c5ccc5ccccc56)cc4)c4ccccc34)n2)cc1. The van der Waals surface area contributed by atoms with Crippen LogP contribution in [0.25, 0.3) is 111 Å². The summed E-state index contributed by atoms with van der Waals surface area (Å²) in [6, 6.07) is 75.3. The van der Waals surface area contributed by atoms with Crippen LogP contribution in [0.3, 0.4) is 0 Å². The lowest BCUT2D eigenvalue weighted by Gasteiger charge is -2.16. The minimum atomic E-state index is 0.639. The number of hydrogen-bond donors (Lipinski definition) is 0. The van der Waals surface area contributed by atoms with Gasteiger partial charge < -0.3 is 0 Å². The fourth-order valence-electron chi connectivity index (χ4n) is 8.57. The monoisotopic (exact) mass is 737 g/mol. The number of fused-ring (bicyclic) bond motifs is 5. The quantitative estimate of drug-likeness (QED) is 0.126. The van der Waals surface area contributed by atoms with Crippen LogP contribution in [0.15, 0.2) is 212 Å². The molecule has 0 fully saturated rings. The first kappa shape index (κ1) is 33.6. The Morgan fingerprint density at radius 1 is 0.224 bits per heavy atom. The highest BCUT2D eigenvalue weighted by molar-refractivity contribution is 6.20. The van der Waals surface area contributed by atoms with E-state index in [1.54, 1.807) is 0 Å². The molecule has 0 saturated heterocycles. The summed E-state index contributed by atoms with van der Waals surface area (Å²) in [5.74, 6) is 1.92. The van der Waals surface area contributed by atoms with Gasteiger partial charge in [-0.1, -0.05) is 200 Å². The molecular weight excluding hydrogens is 703 g/mol. The molecule has 0 atom stereocenters. The molecule has 1 aromatic heterocycles. The maximum Gasteiger partial charge on any atom is 0.164 e. The Morgan fingerprint density at radius 2 is 0.724 bits per heavy atom. The Morgan fingerprint density at radius 3 is 1.47 bits per heavy atom. The van der Waals surface area contributed by atoms with Gasteiger partial charge in [0.05, 0.1) is 0 Å². The number of benzene rings is 10. The average Bonchev–Trinajstić information content (AvgIpc) is 3.31. The van der Waals surface area contributed by atoms with Crippen molar-refractivity contribution in [3.8, 4) is 67.5 Å². The van der Waals surface area contributed by atoms with Crippen molar-refractivity contribution in [1.29, 1.82) is 0 Å². The molecule has 10 aromatic carbocycles. The van der Waals surface area contributed by atoms with Gasteiger partial charge in [-0.05, 0) is 88.6 Å². The lowest BCUT2D eigenvalue weighted by Crippen LogP contribution is -2.01. The van der Waals surface area contributed by atoms with E-state index < -0.39 is 0 Å². The van der Waals surface area contributed by atoms with Crippen LogP contribution in [0, 0.1) is 0 Å². The molecule has 0 aliphatic rings.